The monoisotopic (exact) mass is 418 g/mol. The van der Waals surface area contributed by atoms with Crippen molar-refractivity contribution in [3.8, 4) is 5.75 Å². The van der Waals surface area contributed by atoms with Crippen molar-refractivity contribution in [3.05, 3.63) is 95.6 Å². The van der Waals surface area contributed by atoms with Crippen LogP contribution in [-0.2, 0) is 16.0 Å². The van der Waals surface area contributed by atoms with Gasteiger partial charge in [0, 0.05) is 11.8 Å². The summed E-state index contributed by atoms with van der Waals surface area (Å²) in [7, 11) is 0. The second kappa shape index (κ2) is 10.2. The summed E-state index contributed by atoms with van der Waals surface area (Å²) in [5.74, 6) is -1.78. The molecule has 0 aliphatic carbocycles. The highest BCUT2D eigenvalue weighted by Gasteiger charge is 2.29. The zero-order chi connectivity index (χ0) is 22.2. The summed E-state index contributed by atoms with van der Waals surface area (Å²) in [6.07, 6.45) is -0.00292. The lowest BCUT2D eigenvalue weighted by Gasteiger charge is -2.21. The number of carboxylic acid groups (broad SMARTS) is 1. The fourth-order valence-electron chi connectivity index (χ4n) is 3.00. The third kappa shape index (κ3) is 6.01. The van der Waals surface area contributed by atoms with Gasteiger partial charge in [-0.2, -0.15) is 0 Å². The van der Waals surface area contributed by atoms with E-state index in [2.05, 4.69) is 10.3 Å². The van der Waals surface area contributed by atoms with E-state index < -0.39 is 24.0 Å². The second-order valence-corrected chi connectivity index (χ2v) is 6.90. The molecule has 0 spiro atoms. The Hall–Kier alpha value is -3.97. The summed E-state index contributed by atoms with van der Waals surface area (Å²) in [4.78, 5) is 28.3. The summed E-state index contributed by atoms with van der Waals surface area (Å²) in [5.41, 5.74) is 2.00. The van der Waals surface area contributed by atoms with Crippen LogP contribution in [0.4, 0.5) is 5.69 Å². The molecule has 7 nitrogen and oxygen atoms in total. The number of amides is 1. The van der Waals surface area contributed by atoms with Crippen molar-refractivity contribution in [1.29, 1.82) is 0 Å². The van der Waals surface area contributed by atoms with Crippen LogP contribution in [0.5, 0.6) is 5.75 Å². The molecule has 4 N–H and O–H groups in total. The molecule has 0 aliphatic heterocycles. The topological polar surface area (TPSA) is 119 Å². The van der Waals surface area contributed by atoms with Gasteiger partial charge in [0.15, 0.2) is 6.04 Å². The van der Waals surface area contributed by atoms with E-state index in [0.29, 0.717) is 16.8 Å². The van der Waals surface area contributed by atoms with E-state index in [1.165, 1.54) is 18.3 Å². The van der Waals surface area contributed by atoms with E-state index in [-0.39, 0.29) is 12.2 Å². The minimum absolute atomic E-state index is 0.00222. The van der Waals surface area contributed by atoms with E-state index in [9.17, 15) is 24.9 Å². The molecule has 1 unspecified atom stereocenters. The molecule has 2 atom stereocenters. The van der Waals surface area contributed by atoms with Crippen molar-refractivity contribution < 1.29 is 24.9 Å². The molecule has 31 heavy (non-hydrogen) atoms. The normalized spacial score (nSPS) is 12.9. The van der Waals surface area contributed by atoms with Crippen molar-refractivity contribution in [2.24, 2.45) is 4.99 Å². The molecule has 3 aromatic carbocycles. The third-order valence-corrected chi connectivity index (χ3v) is 4.61. The second-order valence-electron chi connectivity index (χ2n) is 6.90. The molecule has 0 fully saturated rings. The van der Waals surface area contributed by atoms with Crippen LogP contribution in [-0.4, -0.2) is 39.5 Å². The number of carbonyl (C=O) groups excluding carboxylic acids is 1. The Bertz CT molecular complexity index is 1080. The van der Waals surface area contributed by atoms with E-state index in [1.807, 2.05) is 6.07 Å². The van der Waals surface area contributed by atoms with Crippen molar-refractivity contribution in [2.45, 2.75) is 18.6 Å². The molecule has 158 valence electrons. The number of hydrogen-bond donors (Lipinski definition) is 4. The zero-order valence-electron chi connectivity index (χ0n) is 16.6. The van der Waals surface area contributed by atoms with Gasteiger partial charge in [-0.15, -0.1) is 0 Å². The predicted octanol–water partition coefficient (Wildman–Crippen LogP) is 2.99. The fourth-order valence-corrected chi connectivity index (χ4v) is 3.00. The van der Waals surface area contributed by atoms with Crippen molar-refractivity contribution in [3.63, 3.8) is 0 Å². The third-order valence-electron chi connectivity index (χ3n) is 4.61. The maximum Gasteiger partial charge on any atom is 0.329 e. The van der Waals surface area contributed by atoms with Gasteiger partial charge >= 0.3 is 5.97 Å². The number of nitrogens with one attached hydrogen (secondary N) is 1. The van der Waals surface area contributed by atoms with Crippen LogP contribution in [0, 0.1) is 0 Å². The number of aliphatic hydroxyl groups is 1. The maximum atomic E-state index is 12.3. The lowest BCUT2D eigenvalue weighted by molar-refractivity contribution is -0.145. The van der Waals surface area contributed by atoms with Crippen LogP contribution in [0.1, 0.15) is 22.8 Å². The minimum Gasteiger partial charge on any atom is -0.507 e. The van der Waals surface area contributed by atoms with E-state index in [4.69, 9.17) is 0 Å². The van der Waals surface area contributed by atoms with E-state index in [1.54, 1.807) is 60.7 Å². The fraction of sp³-hybridized carbons (Fsp3) is 0.125. The van der Waals surface area contributed by atoms with Crippen LogP contribution < -0.4 is 5.32 Å². The average Bonchev–Trinajstić information content (AvgIpc) is 2.77. The SMILES string of the molecule is O=C(Cc1ccccc1)N[C@@H](C(=O)O)C(O)c1cccc(N=Cc2ccccc2O)c1. The summed E-state index contributed by atoms with van der Waals surface area (Å²) < 4.78 is 0. The molecule has 0 saturated heterocycles. The Morgan fingerprint density at radius 3 is 2.39 bits per heavy atom. The minimum atomic E-state index is -1.52. The van der Waals surface area contributed by atoms with Crippen LogP contribution >= 0.6 is 0 Å². The number of benzene rings is 3. The maximum absolute atomic E-state index is 12.3. The number of aliphatic imine (C=N–C) groups is 1. The molecular weight excluding hydrogens is 396 g/mol. The van der Waals surface area contributed by atoms with Crippen LogP contribution in [0.2, 0.25) is 0 Å². The smallest absolute Gasteiger partial charge is 0.329 e. The van der Waals surface area contributed by atoms with Gasteiger partial charge in [0.25, 0.3) is 0 Å². The van der Waals surface area contributed by atoms with Gasteiger partial charge in [0.1, 0.15) is 11.9 Å². The lowest BCUT2D eigenvalue weighted by Crippen LogP contribution is -2.45. The number of hydrogen-bond acceptors (Lipinski definition) is 5. The first kappa shape index (κ1) is 21.7. The van der Waals surface area contributed by atoms with Gasteiger partial charge in [0.2, 0.25) is 5.91 Å². The number of carbonyl (C=O) groups is 2. The van der Waals surface area contributed by atoms with Gasteiger partial charge in [-0.1, -0.05) is 54.6 Å². The van der Waals surface area contributed by atoms with Gasteiger partial charge < -0.3 is 20.6 Å². The largest absolute Gasteiger partial charge is 0.507 e. The molecular formula is C24H22N2O5. The van der Waals surface area contributed by atoms with Crippen LogP contribution in [0.3, 0.4) is 0 Å². The summed E-state index contributed by atoms with van der Waals surface area (Å²) in [6.45, 7) is 0. The Morgan fingerprint density at radius 2 is 1.68 bits per heavy atom. The zero-order valence-corrected chi connectivity index (χ0v) is 16.6. The van der Waals surface area contributed by atoms with Gasteiger partial charge in [-0.3, -0.25) is 9.79 Å². The Balaban J connectivity index is 1.74. The predicted molar refractivity (Wildman–Crippen MR) is 116 cm³/mol. The number of phenolic OH excluding ortho intramolecular Hbond substituents is 1. The average molecular weight is 418 g/mol. The molecule has 3 rings (SSSR count). The summed E-state index contributed by atoms with van der Waals surface area (Å²) in [6, 6.07) is 20.5. The van der Waals surface area contributed by atoms with Crippen molar-refractivity contribution in [2.75, 3.05) is 0 Å². The van der Waals surface area contributed by atoms with Crippen LogP contribution in [0.25, 0.3) is 0 Å². The summed E-state index contributed by atoms with van der Waals surface area (Å²) in [5, 5.41) is 32.4. The number of para-hydroxylation sites is 1. The lowest BCUT2D eigenvalue weighted by atomic mass is 10.0. The standard InChI is InChI=1S/C24H22N2O5/c27-20-12-5-4-9-18(20)15-25-19-11-6-10-17(14-19)23(29)22(24(30)31)26-21(28)13-16-7-2-1-3-8-16/h1-12,14-15,22-23,27,29H,13H2,(H,26,28)(H,30,31)/t22-,23?/m1/s1. The van der Waals surface area contributed by atoms with Gasteiger partial charge in [-0.25, -0.2) is 4.79 Å². The quantitative estimate of drug-likeness (QED) is 0.419. The molecule has 1 amide bonds. The van der Waals surface area contributed by atoms with E-state index >= 15 is 0 Å². The molecule has 3 aromatic rings. The Morgan fingerprint density at radius 1 is 0.968 bits per heavy atom. The summed E-state index contributed by atoms with van der Waals surface area (Å²) >= 11 is 0. The van der Waals surface area contributed by atoms with Crippen LogP contribution in [0.15, 0.2) is 83.9 Å². The Kier molecular flexibility index (Phi) is 7.13. The molecule has 0 aromatic heterocycles. The molecule has 0 radical (unpaired) electrons. The Labute approximate surface area is 179 Å². The number of rotatable bonds is 8. The molecule has 0 saturated carbocycles. The van der Waals surface area contributed by atoms with Gasteiger partial charge in [-0.05, 0) is 35.4 Å². The molecule has 0 heterocycles. The number of carboxylic acids is 1. The number of aliphatic carboxylic acids is 1. The van der Waals surface area contributed by atoms with Gasteiger partial charge in [0.05, 0.1) is 12.1 Å². The number of aliphatic hydroxyl groups excluding tert-OH is 1. The van der Waals surface area contributed by atoms with E-state index in [0.717, 1.165) is 5.56 Å². The highest BCUT2D eigenvalue weighted by molar-refractivity contribution is 5.86. The molecule has 0 bridgehead atoms. The highest BCUT2D eigenvalue weighted by Crippen LogP contribution is 2.23. The number of aromatic hydroxyl groups is 1. The first-order chi connectivity index (χ1) is 14.9. The molecule has 0 aliphatic rings. The van der Waals surface area contributed by atoms with Crippen molar-refractivity contribution in [1.82, 2.24) is 5.32 Å². The van der Waals surface area contributed by atoms with Crippen molar-refractivity contribution >= 4 is 23.8 Å². The first-order valence-corrected chi connectivity index (χ1v) is 9.60. The highest BCUT2D eigenvalue weighted by atomic mass is 16.4. The first-order valence-electron chi connectivity index (χ1n) is 9.60. The number of nitrogens with zero attached hydrogens (tertiary/aromatic N) is 1. The molecule has 7 heteroatoms. The number of phenols is 1.